The highest BCUT2D eigenvalue weighted by Gasteiger charge is 2.56. The predicted octanol–water partition coefficient (Wildman–Crippen LogP) is 5.30. The number of nitrogens with one attached hydrogen (secondary N) is 1. The second kappa shape index (κ2) is 10.3. The van der Waals surface area contributed by atoms with Crippen LogP contribution in [0.2, 0.25) is 5.02 Å². The Hall–Kier alpha value is -4.53. The number of nitrogens with two attached hydrogens (primary N) is 1. The molecule has 16 heteroatoms. The van der Waals surface area contributed by atoms with Gasteiger partial charge in [0.1, 0.15) is 28.5 Å². The van der Waals surface area contributed by atoms with Gasteiger partial charge in [0.2, 0.25) is 5.91 Å². The summed E-state index contributed by atoms with van der Waals surface area (Å²) in [5.41, 5.74) is 5.86. The van der Waals surface area contributed by atoms with Gasteiger partial charge in [-0.25, -0.2) is 9.97 Å². The number of carbonyl (C=O) groups excluding carboxylic acids is 1. The third-order valence-corrected chi connectivity index (χ3v) is 7.61. The molecular weight excluding hydrogens is 603 g/mol. The van der Waals surface area contributed by atoms with Crippen molar-refractivity contribution in [1.82, 2.24) is 19.7 Å². The number of halogens is 6. The first-order valence-electron chi connectivity index (χ1n) is 12.7. The Kier molecular flexibility index (Phi) is 7.19. The topological polar surface area (TPSA) is 156 Å². The van der Waals surface area contributed by atoms with Crippen molar-refractivity contribution in [3.05, 3.63) is 58.1 Å². The summed E-state index contributed by atoms with van der Waals surface area (Å²) in [4.78, 5) is 32.9. The normalized spacial score (nSPS) is 16.9. The van der Waals surface area contributed by atoms with Gasteiger partial charge in [-0.3, -0.25) is 14.3 Å². The van der Waals surface area contributed by atoms with Gasteiger partial charge < -0.3 is 21.3 Å². The van der Waals surface area contributed by atoms with E-state index in [0.29, 0.717) is 11.1 Å². The number of aromatic nitrogens is 4. The highest BCUT2D eigenvalue weighted by Crippen LogP contribution is 2.46. The van der Waals surface area contributed by atoms with Crippen LogP contribution < -0.4 is 11.1 Å². The average Bonchev–Trinajstić information content (AvgIpc) is 3.40. The van der Waals surface area contributed by atoms with E-state index in [1.165, 1.54) is 37.3 Å². The number of amides is 1. The van der Waals surface area contributed by atoms with Crippen molar-refractivity contribution in [2.45, 2.75) is 50.2 Å². The molecule has 0 fully saturated rings. The van der Waals surface area contributed by atoms with Crippen LogP contribution >= 0.6 is 11.6 Å². The summed E-state index contributed by atoms with van der Waals surface area (Å²) >= 11 is 6.06. The summed E-state index contributed by atoms with van der Waals surface area (Å²) in [6, 6.07) is 8.67. The summed E-state index contributed by atoms with van der Waals surface area (Å²) in [5, 5.41) is 26.7. The van der Waals surface area contributed by atoms with Crippen molar-refractivity contribution in [2.24, 2.45) is 0 Å². The van der Waals surface area contributed by atoms with Gasteiger partial charge in [0, 0.05) is 29.8 Å². The molecule has 0 aliphatic carbocycles. The van der Waals surface area contributed by atoms with Crippen molar-refractivity contribution in [3.8, 4) is 17.3 Å². The summed E-state index contributed by atoms with van der Waals surface area (Å²) in [6.45, 7) is 0.719. The van der Waals surface area contributed by atoms with Crippen LogP contribution in [-0.4, -0.2) is 53.9 Å². The molecule has 1 atom stereocenters. The Balaban J connectivity index is 1.55. The first-order chi connectivity index (χ1) is 20.0. The van der Waals surface area contributed by atoms with Crippen molar-refractivity contribution in [2.75, 3.05) is 11.1 Å². The number of hydrogen-bond donors (Lipinski definition) is 4. The minimum absolute atomic E-state index is 0.000212. The lowest BCUT2D eigenvalue weighted by Gasteiger charge is -2.24. The molecule has 0 radical (unpaired) electrons. The molecule has 0 bridgehead atoms. The Morgan fingerprint density at radius 1 is 1.14 bits per heavy atom. The van der Waals surface area contributed by atoms with Crippen LogP contribution in [0.3, 0.4) is 0 Å². The number of alkyl halides is 5. The van der Waals surface area contributed by atoms with E-state index in [2.05, 4.69) is 20.4 Å². The summed E-state index contributed by atoms with van der Waals surface area (Å²) in [6.07, 6.45) is -7.47. The quantitative estimate of drug-likeness (QED) is 0.193. The number of carboxylic acid groups (broad SMARTS) is 1. The van der Waals surface area contributed by atoms with Crippen molar-refractivity contribution in [1.29, 1.82) is 0 Å². The van der Waals surface area contributed by atoms with Gasteiger partial charge in [0.25, 0.3) is 0 Å². The molecular formula is C27H22ClF5N6O4. The highest BCUT2D eigenvalue weighted by molar-refractivity contribution is 6.31. The maximum Gasteiger partial charge on any atom is 0.453 e. The maximum atomic E-state index is 13.7. The molecule has 0 saturated carbocycles. The number of hydrogen-bond acceptors (Lipinski definition) is 7. The molecule has 0 saturated heterocycles. The van der Waals surface area contributed by atoms with E-state index >= 15 is 0 Å². The number of nitrogen functional groups attached to an aromatic ring is 1. The minimum atomic E-state index is -5.74. The molecule has 3 heterocycles. The molecule has 1 aliphatic heterocycles. The highest BCUT2D eigenvalue weighted by atomic mass is 35.5. The number of benzene rings is 2. The number of aromatic hydroxyl groups is 1. The van der Waals surface area contributed by atoms with Gasteiger partial charge in [0.05, 0.1) is 11.1 Å². The molecule has 1 aliphatic rings. The summed E-state index contributed by atoms with van der Waals surface area (Å²) < 4.78 is 66.6. The molecule has 2 aromatic heterocycles. The third kappa shape index (κ3) is 5.17. The van der Waals surface area contributed by atoms with Gasteiger partial charge >= 0.3 is 18.1 Å². The molecule has 5 rings (SSSR count). The van der Waals surface area contributed by atoms with Crippen molar-refractivity contribution < 1.29 is 41.8 Å². The Morgan fingerprint density at radius 2 is 1.86 bits per heavy atom. The van der Waals surface area contributed by atoms with E-state index in [9.17, 15) is 36.6 Å². The fourth-order valence-corrected chi connectivity index (χ4v) is 5.15. The number of nitrogens with zero attached hydrogens (tertiary/aromatic N) is 4. The molecule has 43 heavy (non-hydrogen) atoms. The van der Waals surface area contributed by atoms with Gasteiger partial charge in [-0.15, -0.1) is 0 Å². The first-order valence-corrected chi connectivity index (χ1v) is 13.1. The molecule has 1 amide bonds. The lowest BCUT2D eigenvalue weighted by Crippen LogP contribution is -2.37. The summed E-state index contributed by atoms with van der Waals surface area (Å²) in [7, 11) is 0. The smallest absolute Gasteiger partial charge is 0.453 e. The van der Waals surface area contributed by atoms with Gasteiger partial charge in [0.15, 0.2) is 5.82 Å². The standard InChI is InChI=1S/C27H22ClF5N6O4/c1-25(13-4-2-12(17(40)10-13)3-7-18(41)42)19-21(34)35-23(36-22(19)37-24(25)43)20-15-6-5-14(28)11-16(15)39(38-20)9-8-26(29,30)27(31,32)33/h2,4-6,10-11,40H,3,7-9H2,1H3,(H,41,42)(H3,34,35,36,37,43)/t25-/m0/s1. The van der Waals surface area contributed by atoms with E-state index in [0.717, 1.165) is 4.68 Å². The lowest BCUT2D eigenvalue weighted by molar-refractivity contribution is -0.285. The number of anilines is 2. The number of fused-ring (bicyclic) bond motifs is 2. The van der Waals surface area contributed by atoms with E-state index in [1.807, 2.05) is 0 Å². The van der Waals surface area contributed by atoms with E-state index in [4.69, 9.17) is 22.4 Å². The number of phenols is 1. The zero-order valence-electron chi connectivity index (χ0n) is 22.1. The maximum absolute atomic E-state index is 13.7. The Bertz CT molecular complexity index is 1790. The van der Waals surface area contributed by atoms with E-state index < -0.39 is 42.4 Å². The van der Waals surface area contributed by atoms with E-state index in [1.54, 1.807) is 6.07 Å². The molecule has 226 valence electrons. The molecule has 4 aromatic rings. The molecule has 5 N–H and O–H groups in total. The molecule has 2 aromatic carbocycles. The molecule has 0 unspecified atom stereocenters. The predicted molar refractivity (Wildman–Crippen MR) is 145 cm³/mol. The SMILES string of the molecule is C[C@@]1(c2ccc(CCC(=O)O)c(O)c2)C(=O)Nc2nc(-c3nn(CCC(F)(F)C(F)(F)F)c4cc(Cl)ccc34)nc(N)c21. The number of carboxylic acids is 1. The Labute approximate surface area is 244 Å². The van der Waals surface area contributed by atoms with E-state index in [-0.39, 0.29) is 63.2 Å². The zero-order chi connectivity index (χ0) is 31.5. The van der Waals surface area contributed by atoms with Gasteiger partial charge in [-0.1, -0.05) is 23.7 Å². The number of phenolic OH excluding ortho intramolecular Hbond substituents is 1. The van der Waals surface area contributed by atoms with Crippen LogP contribution in [-0.2, 0) is 28.0 Å². The average molecular weight is 625 g/mol. The van der Waals surface area contributed by atoms with Crippen LogP contribution in [0.15, 0.2) is 36.4 Å². The van der Waals surface area contributed by atoms with Crippen LogP contribution in [0.4, 0.5) is 33.6 Å². The largest absolute Gasteiger partial charge is 0.508 e. The van der Waals surface area contributed by atoms with Crippen LogP contribution in [0, 0.1) is 0 Å². The molecule has 10 nitrogen and oxygen atoms in total. The van der Waals surface area contributed by atoms with Crippen molar-refractivity contribution >= 4 is 46.0 Å². The van der Waals surface area contributed by atoms with Crippen LogP contribution in [0.1, 0.15) is 36.5 Å². The minimum Gasteiger partial charge on any atom is -0.508 e. The molecule has 0 spiro atoms. The second-order valence-corrected chi connectivity index (χ2v) is 10.6. The van der Waals surface area contributed by atoms with Crippen molar-refractivity contribution in [3.63, 3.8) is 0 Å². The zero-order valence-corrected chi connectivity index (χ0v) is 22.9. The van der Waals surface area contributed by atoms with Gasteiger partial charge in [-0.2, -0.15) is 27.1 Å². The number of aliphatic carboxylic acids is 1. The summed E-state index contributed by atoms with van der Waals surface area (Å²) in [5.74, 6) is -7.07. The number of aryl methyl sites for hydroxylation is 2. The number of carbonyl (C=O) groups is 2. The fourth-order valence-electron chi connectivity index (χ4n) is 4.99. The first kappa shape index (κ1) is 29.9. The van der Waals surface area contributed by atoms with Crippen LogP contribution in [0.25, 0.3) is 22.4 Å². The fraction of sp³-hybridized carbons (Fsp3) is 0.296. The third-order valence-electron chi connectivity index (χ3n) is 7.37. The number of rotatable bonds is 8. The Morgan fingerprint density at radius 3 is 2.51 bits per heavy atom. The monoisotopic (exact) mass is 624 g/mol. The van der Waals surface area contributed by atoms with Gasteiger partial charge in [-0.05, 0) is 48.7 Å². The lowest BCUT2D eigenvalue weighted by atomic mass is 9.77. The second-order valence-electron chi connectivity index (χ2n) is 10.2. The van der Waals surface area contributed by atoms with Crippen LogP contribution in [0.5, 0.6) is 5.75 Å².